The normalized spacial score (nSPS) is 11.2. The first-order valence-corrected chi connectivity index (χ1v) is 7.07. The van der Waals surface area contributed by atoms with Crippen LogP contribution >= 0.6 is 0 Å². The van der Waals surface area contributed by atoms with E-state index >= 15 is 0 Å². The molecule has 0 atom stereocenters. The van der Waals surface area contributed by atoms with Crippen LogP contribution in [-0.4, -0.2) is 25.3 Å². The summed E-state index contributed by atoms with van der Waals surface area (Å²) < 4.78 is 3.48. The van der Waals surface area contributed by atoms with Crippen molar-refractivity contribution in [2.24, 2.45) is 14.1 Å². The molecule has 0 saturated carbocycles. The molecule has 0 amide bonds. The third kappa shape index (κ3) is 2.35. The molecular formula is C16H18N4O. The zero-order valence-electron chi connectivity index (χ0n) is 12.5. The molecule has 0 bridgehead atoms. The number of hydrogen-bond acceptors (Lipinski definition) is 3. The minimum atomic E-state index is 0.0496. The Morgan fingerprint density at radius 1 is 1.14 bits per heavy atom. The minimum absolute atomic E-state index is 0.0496. The Morgan fingerprint density at radius 3 is 2.62 bits per heavy atom. The Morgan fingerprint density at radius 2 is 1.90 bits per heavy atom. The Balaban J connectivity index is 1.94. The highest BCUT2D eigenvalue weighted by atomic mass is 16.1. The third-order valence-corrected chi connectivity index (χ3v) is 3.74. The number of aromatic nitrogens is 4. The molecule has 21 heavy (non-hydrogen) atoms. The average molecular weight is 282 g/mol. The zero-order valence-corrected chi connectivity index (χ0v) is 12.5. The predicted octanol–water partition coefficient (Wildman–Crippen LogP) is 2.29. The van der Waals surface area contributed by atoms with E-state index in [1.54, 1.807) is 4.68 Å². The van der Waals surface area contributed by atoms with Gasteiger partial charge in [0.25, 0.3) is 0 Å². The Bertz CT molecular complexity index is 813. The van der Waals surface area contributed by atoms with Crippen molar-refractivity contribution >= 4 is 16.7 Å². The molecule has 5 nitrogen and oxygen atoms in total. The number of carbonyl (C=O) groups excluding carboxylic acids is 1. The maximum absolute atomic E-state index is 12.5. The molecule has 0 spiro atoms. The van der Waals surface area contributed by atoms with Crippen LogP contribution in [0.1, 0.15) is 28.8 Å². The van der Waals surface area contributed by atoms with Gasteiger partial charge in [-0.05, 0) is 18.6 Å². The van der Waals surface area contributed by atoms with Crippen LogP contribution in [0.25, 0.3) is 10.9 Å². The van der Waals surface area contributed by atoms with E-state index in [0.29, 0.717) is 12.1 Å². The van der Waals surface area contributed by atoms with Crippen LogP contribution in [0.4, 0.5) is 0 Å². The van der Waals surface area contributed by atoms with Crippen molar-refractivity contribution in [2.75, 3.05) is 0 Å². The van der Waals surface area contributed by atoms with Crippen molar-refractivity contribution in [3.05, 3.63) is 47.4 Å². The molecule has 5 heteroatoms. The van der Waals surface area contributed by atoms with Crippen molar-refractivity contribution in [2.45, 2.75) is 19.8 Å². The molecular weight excluding hydrogens is 264 g/mol. The number of nitrogens with zero attached hydrogens (tertiary/aromatic N) is 4. The van der Waals surface area contributed by atoms with Gasteiger partial charge in [0.05, 0.1) is 23.3 Å². The molecule has 2 aromatic heterocycles. The Kier molecular flexibility index (Phi) is 3.33. The number of ketones is 1. The molecule has 3 aromatic rings. The van der Waals surface area contributed by atoms with E-state index in [9.17, 15) is 4.79 Å². The first kappa shape index (κ1) is 13.5. The summed E-state index contributed by atoms with van der Waals surface area (Å²) in [7, 11) is 3.71. The largest absolute Gasteiger partial charge is 0.292 e. The molecule has 0 aliphatic rings. The van der Waals surface area contributed by atoms with Crippen LogP contribution in [-0.2, 0) is 26.9 Å². The van der Waals surface area contributed by atoms with Gasteiger partial charge < -0.3 is 0 Å². The monoisotopic (exact) mass is 282 g/mol. The summed E-state index contributed by atoms with van der Waals surface area (Å²) in [6, 6.07) is 9.83. The molecule has 0 N–H and O–H groups in total. The topological polar surface area (TPSA) is 52.7 Å². The maximum atomic E-state index is 12.5. The van der Waals surface area contributed by atoms with Crippen LogP contribution in [0.5, 0.6) is 0 Å². The number of carbonyl (C=O) groups is 1. The summed E-state index contributed by atoms with van der Waals surface area (Å²) in [5, 5.41) is 9.84. The lowest BCUT2D eigenvalue weighted by Gasteiger charge is -1.99. The van der Waals surface area contributed by atoms with Crippen LogP contribution in [0, 0.1) is 0 Å². The lowest BCUT2D eigenvalue weighted by molar-refractivity contribution is 0.0983. The smallest absolute Gasteiger partial charge is 0.186 e. The summed E-state index contributed by atoms with van der Waals surface area (Å²) in [5.74, 6) is 0.0496. The quantitative estimate of drug-likeness (QED) is 0.690. The van der Waals surface area contributed by atoms with Crippen LogP contribution in [0.2, 0.25) is 0 Å². The molecule has 0 saturated heterocycles. The van der Waals surface area contributed by atoms with E-state index in [1.807, 2.05) is 56.0 Å². The molecule has 2 heterocycles. The second kappa shape index (κ2) is 5.16. The standard InChI is InChI=1S/C16H18N4O/c1-4-11-9-15(20(3)17-11)16(21)10-13-12-7-5-6-8-14(12)19(2)18-13/h5-9H,4,10H2,1-3H3. The maximum Gasteiger partial charge on any atom is 0.186 e. The highest BCUT2D eigenvalue weighted by Crippen LogP contribution is 2.19. The number of fused-ring (bicyclic) bond motifs is 1. The van der Waals surface area contributed by atoms with E-state index in [4.69, 9.17) is 0 Å². The number of hydrogen-bond donors (Lipinski definition) is 0. The van der Waals surface area contributed by atoms with Gasteiger partial charge in [-0.3, -0.25) is 14.2 Å². The number of Topliss-reactive ketones (excluding diaryl/α,β-unsaturated/α-hetero) is 1. The third-order valence-electron chi connectivity index (χ3n) is 3.74. The average Bonchev–Trinajstić information content (AvgIpc) is 3.01. The Labute approximate surface area is 123 Å². The first-order chi connectivity index (χ1) is 10.1. The predicted molar refractivity (Wildman–Crippen MR) is 81.3 cm³/mol. The lowest BCUT2D eigenvalue weighted by atomic mass is 10.1. The van der Waals surface area contributed by atoms with Gasteiger partial charge in [-0.1, -0.05) is 25.1 Å². The molecule has 3 rings (SSSR count). The van der Waals surface area contributed by atoms with Gasteiger partial charge in [0.15, 0.2) is 5.78 Å². The summed E-state index contributed by atoms with van der Waals surface area (Å²) in [6.45, 7) is 2.03. The van der Waals surface area contributed by atoms with E-state index in [0.717, 1.165) is 28.7 Å². The second-order valence-corrected chi connectivity index (χ2v) is 5.19. The molecule has 0 fully saturated rings. The van der Waals surface area contributed by atoms with Gasteiger partial charge in [-0.25, -0.2) is 0 Å². The highest BCUT2D eigenvalue weighted by molar-refractivity contribution is 5.98. The van der Waals surface area contributed by atoms with E-state index in [1.165, 1.54) is 0 Å². The van der Waals surface area contributed by atoms with Crippen molar-refractivity contribution in [1.29, 1.82) is 0 Å². The van der Waals surface area contributed by atoms with Gasteiger partial charge in [-0.2, -0.15) is 10.2 Å². The first-order valence-electron chi connectivity index (χ1n) is 7.07. The summed E-state index contributed by atoms with van der Waals surface area (Å²) in [5.41, 5.74) is 3.44. The van der Waals surface area contributed by atoms with Crippen LogP contribution in [0.15, 0.2) is 30.3 Å². The summed E-state index contributed by atoms with van der Waals surface area (Å²) in [4.78, 5) is 12.5. The molecule has 0 unspecified atom stereocenters. The number of benzene rings is 1. The molecule has 0 aliphatic heterocycles. The van der Waals surface area contributed by atoms with Gasteiger partial charge in [-0.15, -0.1) is 0 Å². The molecule has 0 radical (unpaired) electrons. The van der Waals surface area contributed by atoms with E-state index < -0.39 is 0 Å². The number of aryl methyl sites for hydroxylation is 3. The van der Waals surface area contributed by atoms with Crippen LogP contribution in [0.3, 0.4) is 0 Å². The van der Waals surface area contributed by atoms with Gasteiger partial charge in [0.1, 0.15) is 5.69 Å². The SMILES string of the molecule is CCc1cc(C(=O)Cc2nn(C)c3ccccc23)n(C)n1. The molecule has 0 aliphatic carbocycles. The highest BCUT2D eigenvalue weighted by Gasteiger charge is 2.17. The van der Waals surface area contributed by atoms with Gasteiger partial charge in [0.2, 0.25) is 0 Å². The van der Waals surface area contributed by atoms with Gasteiger partial charge >= 0.3 is 0 Å². The van der Waals surface area contributed by atoms with E-state index in [2.05, 4.69) is 10.2 Å². The Hall–Kier alpha value is -2.43. The van der Waals surface area contributed by atoms with Crippen molar-refractivity contribution in [3.8, 4) is 0 Å². The molecule has 1 aromatic carbocycles. The van der Waals surface area contributed by atoms with Crippen molar-refractivity contribution in [1.82, 2.24) is 19.6 Å². The number of rotatable bonds is 4. The lowest BCUT2D eigenvalue weighted by Crippen LogP contribution is -2.10. The van der Waals surface area contributed by atoms with E-state index in [-0.39, 0.29) is 5.78 Å². The zero-order chi connectivity index (χ0) is 15.0. The summed E-state index contributed by atoms with van der Waals surface area (Å²) >= 11 is 0. The van der Waals surface area contributed by atoms with Gasteiger partial charge in [0, 0.05) is 19.5 Å². The fourth-order valence-electron chi connectivity index (χ4n) is 2.62. The molecule has 108 valence electrons. The van der Waals surface area contributed by atoms with Crippen LogP contribution < -0.4 is 0 Å². The fourth-order valence-corrected chi connectivity index (χ4v) is 2.62. The summed E-state index contributed by atoms with van der Waals surface area (Å²) in [6.07, 6.45) is 1.12. The minimum Gasteiger partial charge on any atom is -0.292 e. The number of para-hydroxylation sites is 1. The van der Waals surface area contributed by atoms with Crippen molar-refractivity contribution < 1.29 is 4.79 Å². The fraction of sp³-hybridized carbons (Fsp3) is 0.312. The van der Waals surface area contributed by atoms with Crippen molar-refractivity contribution in [3.63, 3.8) is 0 Å². The second-order valence-electron chi connectivity index (χ2n) is 5.19.